The van der Waals surface area contributed by atoms with Crippen LogP contribution in [0.2, 0.25) is 0 Å². The maximum Gasteiger partial charge on any atom is -0.00187 e. The highest BCUT2D eigenvalue weighted by Gasteiger charge is 2.05. The summed E-state index contributed by atoms with van der Waals surface area (Å²) in [6, 6.07) is 0. The van der Waals surface area contributed by atoms with Crippen LogP contribution in [0.3, 0.4) is 0 Å². The van der Waals surface area contributed by atoms with Crippen molar-refractivity contribution < 1.29 is 0 Å². The van der Waals surface area contributed by atoms with Gasteiger partial charge in [0.05, 0.1) is 0 Å². The van der Waals surface area contributed by atoms with Crippen molar-refractivity contribution >= 4 is 0 Å². The Balaban J connectivity index is 3.61. The molecule has 0 bridgehead atoms. The van der Waals surface area contributed by atoms with Gasteiger partial charge in [-0.2, -0.15) is 0 Å². The van der Waals surface area contributed by atoms with Crippen LogP contribution in [0.15, 0.2) is 0 Å². The van der Waals surface area contributed by atoms with E-state index in [0.29, 0.717) is 0 Å². The normalized spacial score (nSPS) is 11.8. The summed E-state index contributed by atoms with van der Waals surface area (Å²) in [6.07, 6.45) is 31.7. The Kier molecular flexibility index (Phi) is 26.2. The molecule has 0 amide bonds. The molecule has 31 heavy (non-hydrogen) atoms. The Labute approximate surface area is 199 Å². The molecule has 0 saturated carbocycles. The average molecular weight is 438 g/mol. The van der Waals surface area contributed by atoms with Crippen LogP contribution >= 0.6 is 0 Å². The van der Waals surface area contributed by atoms with Crippen molar-refractivity contribution in [3.63, 3.8) is 0 Å². The molecule has 188 valence electrons. The maximum atomic E-state index is 2.80. The topological polar surface area (TPSA) is 3.24 Å². The molecule has 0 aliphatic heterocycles. The number of hydrogen-bond acceptors (Lipinski definition) is 1. The zero-order valence-corrected chi connectivity index (χ0v) is 22.7. The second-order valence-corrected chi connectivity index (χ2v) is 10.7. The van der Waals surface area contributed by atoms with E-state index in [1.54, 1.807) is 0 Å². The molecule has 0 fully saturated rings. The molecular weight excluding hydrogens is 374 g/mol. The van der Waals surface area contributed by atoms with Gasteiger partial charge in [0.1, 0.15) is 0 Å². The van der Waals surface area contributed by atoms with Gasteiger partial charge in [0.25, 0.3) is 0 Å². The number of unbranched alkanes of at least 4 members (excludes halogenated alkanes) is 18. The quantitative estimate of drug-likeness (QED) is 0.122. The molecular formula is C30H63N. The van der Waals surface area contributed by atoms with Gasteiger partial charge in [0.15, 0.2) is 0 Å². The Bertz CT molecular complexity index is 298. The molecule has 0 aromatic heterocycles. The van der Waals surface area contributed by atoms with Crippen molar-refractivity contribution in [3.8, 4) is 0 Å². The Morgan fingerprint density at radius 2 is 0.677 bits per heavy atom. The average Bonchev–Trinajstić information content (AvgIpc) is 2.75. The van der Waals surface area contributed by atoms with Gasteiger partial charge in [-0.1, -0.05) is 150 Å². The van der Waals surface area contributed by atoms with E-state index in [9.17, 15) is 0 Å². The lowest BCUT2D eigenvalue weighted by atomic mass is 10.0. The predicted octanol–water partition coefficient (Wildman–Crippen LogP) is 10.6. The van der Waals surface area contributed by atoms with Gasteiger partial charge >= 0.3 is 0 Å². The minimum atomic E-state index is 0.892. The lowest BCUT2D eigenvalue weighted by Crippen LogP contribution is -2.27. The van der Waals surface area contributed by atoms with Gasteiger partial charge in [-0.25, -0.2) is 0 Å². The highest BCUT2D eigenvalue weighted by Crippen LogP contribution is 2.14. The van der Waals surface area contributed by atoms with E-state index in [2.05, 4.69) is 32.6 Å². The lowest BCUT2D eigenvalue weighted by molar-refractivity contribution is 0.254. The van der Waals surface area contributed by atoms with E-state index in [0.717, 1.165) is 5.92 Å². The zero-order chi connectivity index (χ0) is 22.8. The maximum absolute atomic E-state index is 2.80. The first-order valence-electron chi connectivity index (χ1n) is 14.9. The second-order valence-electron chi connectivity index (χ2n) is 10.7. The van der Waals surface area contributed by atoms with Crippen molar-refractivity contribution in [1.29, 1.82) is 0 Å². The monoisotopic (exact) mass is 437 g/mol. The summed E-state index contributed by atoms with van der Waals surface area (Å²) in [6.45, 7) is 13.4. The molecule has 0 aromatic rings. The summed E-state index contributed by atoms with van der Waals surface area (Å²) in [5.41, 5.74) is 0. The molecule has 0 unspecified atom stereocenters. The fourth-order valence-electron chi connectivity index (χ4n) is 4.69. The highest BCUT2D eigenvalue weighted by molar-refractivity contribution is 4.60. The van der Waals surface area contributed by atoms with E-state index < -0.39 is 0 Å². The molecule has 0 rings (SSSR count). The Morgan fingerprint density at radius 3 is 1.00 bits per heavy atom. The lowest BCUT2D eigenvalue weighted by Gasteiger charge is -2.22. The van der Waals surface area contributed by atoms with Crippen LogP contribution in [0.5, 0.6) is 0 Å². The molecule has 0 saturated heterocycles. The molecule has 1 heteroatoms. The molecule has 0 N–H and O–H groups in total. The van der Waals surface area contributed by atoms with Crippen LogP contribution in [-0.2, 0) is 0 Å². The molecule has 0 radical (unpaired) electrons. The van der Waals surface area contributed by atoms with Gasteiger partial charge < -0.3 is 4.90 Å². The third-order valence-corrected chi connectivity index (χ3v) is 6.91. The van der Waals surface area contributed by atoms with Crippen molar-refractivity contribution in [3.05, 3.63) is 0 Å². The van der Waals surface area contributed by atoms with E-state index in [4.69, 9.17) is 0 Å². The third kappa shape index (κ3) is 26.1. The van der Waals surface area contributed by atoms with Crippen LogP contribution in [0.4, 0.5) is 0 Å². The van der Waals surface area contributed by atoms with Crippen molar-refractivity contribution in [2.75, 3.05) is 19.6 Å². The van der Waals surface area contributed by atoms with Crippen LogP contribution in [0, 0.1) is 5.92 Å². The largest absolute Gasteiger partial charge is 0.303 e. The summed E-state index contributed by atoms with van der Waals surface area (Å²) in [5.74, 6) is 0.892. The summed E-state index contributed by atoms with van der Waals surface area (Å²) < 4.78 is 0. The first-order valence-corrected chi connectivity index (χ1v) is 14.9. The molecule has 0 aliphatic carbocycles. The smallest absolute Gasteiger partial charge is 0.00187 e. The highest BCUT2D eigenvalue weighted by atomic mass is 15.1. The van der Waals surface area contributed by atoms with Crippen LogP contribution in [-0.4, -0.2) is 24.5 Å². The summed E-state index contributed by atoms with van der Waals surface area (Å²) in [4.78, 5) is 2.80. The van der Waals surface area contributed by atoms with Crippen molar-refractivity contribution in [2.45, 2.75) is 169 Å². The van der Waals surface area contributed by atoms with Gasteiger partial charge in [0, 0.05) is 0 Å². The van der Waals surface area contributed by atoms with E-state index in [-0.39, 0.29) is 0 Å². The Hall–Kier alpha value is -0.0400. The minimum Gasteiger partial charge on any atom is -0.303 e. The number of nitrogens with zero attached hydrogens (tertiary/aromatic N) is 1. The minimum absolute atomic E-state index is 0.892. The third-order valence-electron chi connectivity index (χ3n) is 6.91. The molecule has 1 nitrogen and oxygen atoms in total. The zero-order valence-electron chi connectivity index (χ0n) is 22.7. The van der Waals surface area contributed by atoms with E-state index in [1.807, 2.05) is 0 Å². The van der Waals surface area contributed by atoms with Gasteiger partial charge in [-0.3, -0.25) is 0 Å². The molecule has 0 aliphatic rings. The molecule has 0 spiro atoms. The Morgan fingerprint density at radius 1 is 0.387 bits per heavy atom. The van der Waals surface area contributed by atoms with Crippen LogP contribution in [0.1, 0.15) is 169 Å². The molecule has 0 heterocycles. The van der Waals surface area contributed by atoms with Crippen molar-refractivity contribution in [1.82, 2.24) is 4.90 Å². The van der Waals surface area contributed by atoms with Crippen molar-refractivity contribution in [2.24, 2.45) is 5.92 Å². The predicted molar refractivity (Wildman–Crippen MR) is 144 cm³/mol. The van der Waals surface area contributed by atoms with Crippen LogP contribution < -0.4 is 0 Å². The fraction of sp³-hybridized carbons (Fsp3) is 1.00. The second kappa shape index (κ2) is 26.2. The molecule has 0 atom stereocenters. The number of rotatable bonds is 26. The number of hydrogen-bond donors (Lipinski definition) is 0. The standard InChI is InChI=1S/C30H63N/c1-5-7-9-19-23-27-31(28-24-20-10-8-6-2)29-25-21-17-15-13-11-12-14-16-18-22-26-30(3)4/h30H,5-29H2,1-4H3. The summed E-state index contributed by atoms with van der Waals surface area (Å²) in [5, 5.41) is 0. The fourth-order valence-corrected chi connectivity index (χ4v) is 4.69. The first kappa shape index (κ1) is 31.0. The van der Waals surface area contributed by atoms with Gasteiger partial charge in [-0.15, -0.1) is 0 Å². The van der Waals surface area contributed by atoms with E-state index in [1.165, 1.54) is 161 Å². The van der Waals surface area contributed by atoms with Crippen LogP contribution in [0.25, 0.3) is 0 Å². The molecule has 0 aromatic carbocycles. The summed E-state index contributed by atoms with van der Waals surface area (Å²) in [7, 11) is 0. The summed E-state index contributed by atoms with van der Waals surface area (Å²) >= 11 is 0. The SMILES string of the molecule is CCCCCCCN(CCCCCCC)CCCCCCCCCCCCCC(C)C. The van der Waals surface area contributed by atoms with E-state index >= 15 is 0 Å². The van der Waals surface area contributed by atoms with Gasteiger partial charge in [0.2, 0.25) is 0 Å². The van der Waals surface area contributed by atoms with Gasteiger partial charge in [-0.05, 0) is 44.8 Å². The first-order chi connectivity index (χ1) is 15.2.